The first-order valence-electron chi connectivity index (χ1n) is 11.0. The maximum atomic E-state index is 15.2. The molecule has 4 rings (SSSR count). The Hall–Kier alpha value is -3.59. The van der Waals surface area contributed by atoms with Crippen LogP contribution in [0.25, 0.3) is 16.9 Å². The molecule has 1 aliphatic heterocycles. The summed E-state index contributed by atoms with van der Waals surface area (Å²) in [5.41, 5.74) is -2.72. The first-order valence-corrected chi connectivity index (χ1v) is 11.0. The zero-order valence-electron chi connectivity index (χ0n) is 20.0. The van der Waals surface area contributed by atoms with Crippen molar-refractivity contribution < 1.29 is 43.2 Å². The third kappa shape index (κ3) is 4.52. The Morgan fingerprint density at radius 1 is 1.27 bits per heavy atom. The number of rotatable bonds is 4. The topological polar surface area (TPSA) is 146 Å². The van der Waals surface area contributed by atoms with E-state index in [1.165, 1.54) is 11.4 Å². The number of nitrogens with one attached hydrogen (secondary N) is 1. The van der Waals surface area contributed by atoms with Crippen molar-refractivity contribution in [1.29, 1.82) is 0 Å². The SMILES string of the molecule is [B]C1(O)OC(Cc2c(-c3c(F)cc(C(=O)NC)cc3F)nc3cc(C)ccn23)CN(C(=O)OC)C1(O)O. The normalized spacial score (nSPS) is 21.2. The summed E-state index contributed by atoms with van der Waals surface area (Å²) in [6.45, 7) is 1.26. The summed E-state index contributed by atoms with van der Waals surface area (Å²) in [5, 5.41) is 33.1. The molecule has 2 atom stereocenters. The fourth-order valence-electron chi connectivity index (χ4n) is 4.20. The predicted molar refractivity (Wildman–Crippen MR) is 124 cm³/mol. The Bertz CT molecular complexity index is 1370. The van der Waals surface area contributed by atoms with E-state index in [0.29, 0.717) is 10.5 Å². The molecule has 4 N–H and O–H groups in total. The van der Waals surface area contributed by atoms with Crippen LogP contribution >= 0.6 is 0 Å². The Kier molecular flexibility index (Phi) is 6.71. The lowest BCUT2D eigenvalue weighted by molar-refractivity contribution is -0.414. The fourth-order valence-corrected chi connectivity index (χ4v) is 4.20. The van der Waals surface area contributed by atoms with Crippen LogP contribution in [-0.2, 0) is 15.9 Å². The van der Waals surface area contributed by atoms with E-state index in [1.807, 2.05) is 0 Å². The number of benzene rings is 1. The molecule has 0 spiro atoms. The summed E-state index contributed by atoms with van der Waals surface area (Å²) < 4.78 is 41.8. The molecular formula is C23H23BF2N4O7. The molecule has 1 aromatic carbocycles. The molecule has 0 aliphatic carbocycles. The van der Waals surface area contributed by atoms with Crippen LogP contribution in [0.2, 0.25) is 0 Å². The number of imidazole rings is 1. The van der Waals surface area contributed by atoms with Gasteiger partial charge in [0.1, 0.15) is 17.3 Å². The highest BCUT2D eigenvalue weighted by molar-refractivity contribution is 6.14. The summed E-state index contributed by atoms with van der Waals surface area (Å²) in [7, 11) is 7.85. The number of hydrogen-bond donors (Lipinski definition) is 4. The number of morpholine rings is 1. The Balaban J connectivity index is 1.84. The first kappa shape index (κ1) is 26.5. The number of nitrogens with zero attached hydrogens (tertiary/aromatic N) is 3. The number of carbonyl (C=O) groups excluding carboxylic acids is 2. The number of fused-ring (bicyclic) bond motifs is 1. The average molecular weight is 516 g/mol. The van der Waals surface area contributed by atoms with Gasteiger partial charge in [-0.05, 0) is 36.8 Å². The van der Waals surface area contributed by atoms with Gasteiger partial charge in [-0.25, -0.2) is 23.5 Å². The molecule has 2 radical (unpaired) electrons. The van der Waals surface area contributed by atoms with Crippen molar-refractivity contribution in [3.8, 4) is 11.3 Å². The van der Waals surface area contributed by atoms with Gasteiger partial charge in [-0.3, -0.25) is 4.79 Å². The molecule has 3 heterocycles. The van der Waals surface area contributed by atoms with Crippen molar-refractivity contribution in [3.05, 3.63) is 58.9 Å². The quantitative estimate of drug-likeness (QED) is 0.288. The standard InChI is InChI=1S/C23H23BF2N4O7/c1-11-4-5-29-16(9-13-10-30(21(32)36-3)23(34,35)22(24,33)37-13)19(28-17(29)6-11)18-14(25)7-12(8-15(18)26)20(31)27-2/h4-8,13,33-35H,9-10H2,1-3H3,(H,27,31). The van der Waals surface area contributed by atoms with E-state index in [4.69, 9.17) is 12.6 Å². The van der Waals surface area contributed by atoms with Crippen LogP contribution in [0.1, 0.15) is 21.6 Å². The Morgan fingerprint density at radius 3 is 2.51 bits per heavy atom. The van der Waals surface area contributed by atoms with Gasteiger partial charge in [0, 0.05) is 25.2 Å². The van der Waals surface area contributed by atoms with E-state index in [0.717, 1.165) is 24.8 Å². The van der Waals surface area contributed by atoms with Crippen molar-refractivity contribution in [1.82, 2.24) is 19.6 Å². The van der Waals surface area contributed by atoms with Gasteiger partial charge in [-0.2, -0.15) is 0 Å². The van der Waals surface area contributed by atoms with Crippen molar-refractivity contribution in [2.75, 3.05) is 20.7 Å². The smallest absolute Gasteiger partial charge is 0.413 e. The van der Waals surface area contributed by atoms with Gasteiger partial charge in [0.25, 0.3) is 11.8 Å². The molecule has 2 aromatic heterocycles. The second-order valence-corrected chi connectivity index (χ2v) is 8.59. The highest BCUT2D eigenvalue weighted by Gasteiger charge is 2.57. The summed E-state index contributed by atoms with van der Waals surface area (Å²) >= 11 is 0. The van der Waals surface area contributed by atoms with Crippen LogP contribution in [-0.4, -0.2) is 87.9 Å². The number of carbonyl (C=O) groups is 2. The van der Waals surface area contributed by atoms with Gasteiger partial charge in [0.15, 0.2) is 13.5 Å². The highest BCUT2D eigenvalue weighted by Crippen LogP contribution is 2.35. The largest absolute Gasteiger partial charge is 0.453 e. The van der Waals surface area contributed by atoms with Gasteiger partial charge in [-0.15, -0.1) is 0 Å². The molecule has 14 heteroatoms. The van der Waals surface area contributed by atoms with E-state index in [9.17, 15) is 24.9 Å². The highest BCUT2D eigenvalue weighted by atomic mass is 19.1. The number of ether oxygens (including phenoxy) is 2. The number of pyridine rings is 1. The maximum absolute atomic E-state index is 15.2. The minimum absolute atomic E-state index is 0.136. The van der Waals surface area contributed by atoms with Crippen LogP contribution in [0.5, 0.6) is 0 Å². The zero-order chi connectivity index (χ0) is 27.3. The van der Waals surface area contributed by atoms with Gasteiger partial charge in [0.2, 0.25) is 0 Å². The molecule has 1 saturated heterocycles. The molecule has 2 amide bonds. The lowest BCUT2D eigenvalue weighted by Gasteiger charge is -2.50. The molecular weight excluding hydrogens is 493 g/mol. The van der Waals surface area contributed by atoms with Crippen LogP contribution in [0, 0.1) is 18.6 Å². The minimum Gasteiger partial charge on any atom is -0.453 e. The Labute approximate surface area is 210 Å². The molecule has 11 nitrogen and oxygen atoms in total. The Morgan fingerprint density at radius 2 is 1.92 bits per heavy atom. The monoisotopic (exact) mass is 516 g/mol. The molecule has 1 fully saturated rings. The molecule has 0 bridgehead atoms. The van der Waals surface area contributed by atoms with Gasteiger partial charge >= 0.3 is 6.09 Å². The van der Waals surface area contributed by atoms with Crippen LogP contribution in [0.15, 0.2) is 30.5 Å². The van der Waals surface area contributed by atoms with Gasteiger partial charge < -0.3 is 34.5 Å². The fraction of sp³-hybridized carbons (Fsp3) is 0.348. The summed E-state index contributed by atoms with van der Waals surface area (Å²) in [6, 6.07) is 5.13. The predicted octanol–water partition coefficient (Wildman–Crippen LogP) is 0.410. The minimum atomic E-state index is -3.34. The molecule has 194 valence electrons. The van der Waals surface area contributed by atoms with Gasteiger partial charge in [0.05, 0.1) is 36.7 Å². The van der Waals surface area contributed by atoms with Crippen molar-refractivity contribution in [3.63, 3.8) is 0 Å². The van der Waals surface area contributed by atoms with E-state index in [1.54, 1.807) is 25.3 Å². The number of amides is 2. The van der Waals surface area contributed by atoms with E-state index < -0.39 is 53.4 Å². The van der Waals surface area contributed by atoms with E-state index >= 15 is 8.78 Å². The zero-order valence-corrected chi connectivity index (χ0v) is 20.0. The molecule has 2 unspecified atom stereocenters. The molecule has 1 aliphatic rings. The van der Waals surface area contributed by atoms with Gasteiger partial charge in [-0.1, -0.05) is 0 Å². The summed E-state index contributed by atoms with van der Waals surface area (Å²) in [4.78, 5) is 28.8. The number of aliphatic hydroxyl groups is 3. The van der Waals surface area contributed by atoms with Crippen molar-refractivity contribution in [2.45, 2.75) is 31.0 Å². The maximum Gasteiger partial charge on any atom is 0.413 e. The van der Waals surface area contributed by atoms with Crippen LogP contribution in [0.3, 0.4) is 0 Å². The number of aryl methyl sites for hydroxylation is 1. The van der Waals surface area contributed by atoms with E-state index in [-0.39, 0.29) is 23.4 Å². The van der Waals surface area contributed by atoms with E-state index in [2.05, 4.69) is 15.0 Å². The lowest BCUT2D eigenvalue weighted by atomic mass is 9.87. The van der Waals surface area contributed by atoms with Crippen LogP contribution < -0.4 is 5.32 Å². The second-order valence-electron chi connectivity index (χ2n) is 8.59. The lowest BCUT2D eigenvalue weighted by Crippen LogP contribution is -2.73. The number of aromatic nitrogens is 2. The summed E-state index contributed by atoms with van der Waals surface area (Å²) in [6.07, 6.45) is -1.09. The molecule has 37 heavy (non-hydrogen) atoms. The molecule has 3 aromatic rings. The third-order valence-electron chi connectivity index (χ3n) is 6.05. The third-order valence-corrected chi connectivity index (χ3v) is 6.05. The van der Waals surface area contributed by atoms with Crippen molar-refractivity contribution >= 4 is 25.5 Å². The second kappa shape index (κ2) is 9.37. The summed E-state index contributed by atoms with van der Waals surface area (Å²) in [5.74, 6) is -6.14. The first-order chi connectivity index (χ1) is 17.3. The van der Waals surface area contributed by atoms with Crippen molar-refractivity contribution in [2.24, 2.45) is 0 Å². The van der Waals surface area contributed by atoms with Crippen LogP contribution in [0.4, 0.5) is 13.6 Å². The average Bonchev–Trinajstić information content (AvgIpc) is 3.16. The molecule has 0 saturated carbocycles. The number of halogens is 2. The number of methoxy groups -OCH3 is 1. The number of hydrogen-bond acceptors (Lipinski definition) is 8.